The van der Waals surface area contributed by atoms with E-state index in [2.05, 4.69) is 24.0 Å². The molecule has 0 aliphatic carbocycles. The first-order valence-corrected chi connectivity index (χ1v) is 9.55. The van der Waals surface area contributed by atoms with Gasteiger partial charge in [-0.15, -0.1) is 5.92 Å². The monoisotopic (exact) mass is 395 g/mol. The van der Waals surface area contributed by atoms with E-state index < -0.39 is 5.97 Å². The molecule has 0 amide bonds. The Morgan fingerprint density at radius 3 is 2.40 bits per heavy atom. The van der Waals surface area contributed by atoms with E-state index in [1.54, 1.807) is 19.1 Å². The SMILES string of the molecule is CC#CC(CC(=O)O)c1ccc(OCc2cccc(-c3ccc(C#N)cc3)c2)cc1. The number of carboxylic acids is 1. The van der Waals surface area contributed by atoms with Crippen molar-refractivity contribution < 1.29 is 14.6 Å². The normalized spacial score (nSPS) is 10.9. The fourth-order valence-electron chi connectivity index (χ4n) is 3.14. The van der Waals surface area contributed by atoms with E-state index in [-0.39, 0.29) is 12.3 Å². The molecule has 0 aliphatic heterocycles. The zero-order valence-electron chi connectivity index (χ0n) is 16.6. The molecule has 3 aromatic carbocycles. The van der Waals surface area contributed by atoms with Gasteiger partial charge in [0.2, 0.25) is 0 Å². The first kappa shape index (κ1) is 20.7. The van der Waals surface area contributed by atoms with Gasteiger partial charge in [-0.1, -0.05) is 48.4 Å². The summed E-state index contributed by atoms with van der Waals surface area (Å²) in [6.45, 7) is 2.12. The molecule has 4 heteroatoms. The first-order chi connectivity index (χ1) is 14.6. The Balaban J connectivity index is 1.67. The highest BCUT2D eigenvalue weighted by Gasteiger charge is 2.13. The summed E-state index contributed by atoms with van der Waals surface area (Å²) in [5.74, 6) is 5.26. The molecule has 3 aromatic rings. The maximum atomic E-state index is 11.0. The molecule has 0 spiro atoms. The summed E-state index contributed by atoms with van der Waals surface area (Å²) >= 11 is 0. The molecule has 1 atom stereocenters. The molecule has 148 valence electrons. The van der Waals surface area contributed by atoms with E-state index in [9.17, 15) is 4.79 Å². The molecule has 0 aliphatic rings. The number of aliphatic carboxylic acids is 1. The number of carbonyl (C=O) groups is 1. The number of nitrogens with zero attached hydrogens (tertiary/aromatic N) is 1. The lowest BCUT2D eigenvalue weighted by Gasteiger charge is -2.11. The maximum Gasteiger partial charge on any atom is 0.304 e. The van der Waals surface area contributed by atoms with Crippen LogP contribution in [0.3, 0.4) is 0 Å². The average Bonchev–Trinajstić information content (AvgIpc) is 2.78. The van der Waals surface area contributed by atoms with Crippen LogP contribution in [0.25, 0.3) is 11.1 Å². The standard InChI is InChI=1S/C26H21NO3/c1-2-4-23(16-26(28)29)22-11-13-25(14-12-22)30-18-20-5-3-6-24(15-20)21-9-7-19(17-27)8-10-21/h3,5-15,23H,16,18H2,1H3,(H,28,29). The molecule has 4 nitrogen and oxygen atoms in total. The number of ether oxygens (including phenoxy) is 1. The highest BCUT2D eigenvalue weighted by molar-refractivity contribution is 5.69. The summed E-state index contributed by atoms with van der Waals surface area (Å²) in [5, 5.41) is 18.0. The molecular formula is C26H21NO3. The summed E-state index contributed by atoms with van der Waals surface area (Å²) in [6, 6.07) is 25.1. The van der Waals surface area contributed by atoms with Gasteiger partial charge in [0, 0.05) is 0 Å². The summed E-state index contributed by atoms with van der Waals surface area (Å²) < 4.78 is 5.90. The summed E-state index contributed by atoms with van der Waals surface area (Å²) in [5.41, 5.74) is 4.63. The van der Waals surface area contributed by atoms with Crippen molar-refractivity contribution in [3.63, 3.8) is 0 Å². The van der Waals surface area contributed by atoms with E-state index in [0.29, 0.717) is 17.9 Å². The Morgan fingerprint density at radius 1 is 1.03 bits per heavy atom. The number of benzene rings is 3. The molecule has 1 N–H and O–H groups in total. The minimum absolute atomic E-state index is 0.0246. The minimum atomic E-state index is -0.870. The Morgan fingerprint density at radius 2 is 1.77 bits per heavy atom. The lowest BCUT2D eigenvalue weighted by Crippen LogP contribution is -2.04. The lowest BCUT2D eigenvalue weighted by atomic mass is 9.96. The minimum Gasteiger partial charge on any atom is -0.489 e. The Hall–Kier alpha value is -4.02. The molecule has 0 radical (unpaired) electrons. The quantitative estimate of drug-likeness (QED) is 0.545. The van der Waals surface area contributed by atoms with Crippen LogP contribution in [0, 0.1) is 23.2 Å². The van der Waals surface area contributed by atoms with Crippen molar-refractivity contribution in [1.29, 1.82) is 5.26 Å². The molecule has 0 saturated carbocycles. The first-order valence-electron chi connectivity index (χ1n) is 9.55. The van der Waals surface area contributed by atoms with Crippen LogP contribution in [0.4, 0.5) is 0 Å². The van der Waals surface area contributed by atoms with Gasteiger partial charge in [0.05, 0.1) is 24.0 Å². The molecular weight excluding hydrogens is 374 g/mol. The Kier molecular flexibility index (Phi) is 6.87. The van der Waals surface area contributed by atoms with Crippen LogP contribution in [-0.2, 0) is 11.4 Å². The fourth-order valence-corrected chi connectivity index (χ4v) is 3.14. The molecule has 0 saturated heterocycles. The van der Waals surface area contributed by atoms with Crippen molar-refractivity contribution in [1.82, 2.24) is 0 Å². The number of rotatable bonds is 7. The topological polar surface area (TPSA) is 70.3 Å². The fraction of sp³-hybridized carbons (Fsp3) is 0.154. The van der Waals surface area contributed by atoms with Crippen LogP contribution in [-0.4, -0.2) is 11.1 Å². The van der Waals surface area contributed by atoms with Gasteiger partial charge in [-0.05, 0) is 59.5 Å². The number of carboxylic acid groups (broad SMARTS) is 1. The van der Waals surface area contributed by atoms with E-state index >= 15 is 0 Å². The highest BCUT2D eigenvalue weighted by atomic mass is 16.5. The third kappa shape index (κ3) is 5.50. The summed E-state index contributed by atoms with van der Waals surface area (Å²) in [7, 11) is 0. The van der Waals surface area contributed by atoms with Gasteiger partial charge < -0.3 is 9.84 Å². The molecule has 0 bridgehead atoms. The van der Waals surface area contributed by atoms with Gasteiger partial charge in [0.1, 0.15) is 12.4 Å². The van der Waals surface area contributed by atoms with Crippen LogP contribution in [0.5, 0.6) is 5.75 Å². The second kappa shape index (κ2) is 9.96. The van der Waals surface area contributed by atoms with E-state index in [1.807, 2.05) is 54.6 Å². The maximum absolute atomic E-state index is 11.0. The molecule has 1 unspecified atom stereocenters. The highest BCUT2D eigenvalue weighted by Crippen LogP contribution is 2.24. The molecule has 3 rings (SSSR count). The van der Waals surface area contributed by atoms with Crippen LogP contribution >= 0.6 is 0 Å². The van der Waals surface area contributed by atoms with Crippen molar-refractivity contribution in [3.05, 3.63) is 89.5 Å². The number of hydrogen-bond acceptors (Lipinski definition) is 3. The van der Waals surface area contributed by atoms with E-state index in [0.717, 1.165) is 22.3 Å². The second-order valence-corrected chi connectivity index (χ2v) is 6.79. The van der Waals surface area contributed by atoms with E-state index in [1.165, 1.54) is 0 Å². The molecule has 0 heterocycles. The van der Waals surface area contributed by atoms with Crippen LogP contribution in [0.2, 0.25) is 0 Å². The van der Waals surface area contributed by atoms with Crippen LogP contribution in [0.1, 0.15) is 36.0 Å². The molecule has 0 fully saturated rings. The van der Waals surface area contributed by atoms with Crippen molar-refractivity contribution in [2.75, 3.05) is 0 Å². The second-order valence-electron chi connectivity index (χ2n) is 6.79. The predicted molar refractivity (Wildman–Crippen MR) is 116 cm³/mol. The zero-order valence-corrected chi connectivity index (χ0v) is 16.6. The van der Waals surface area contributed by atoms with Crippen LogP contribution in [0.15, 0.2) is 72.8 Å². The Labute approximate surface area is 176 Å². The molecule has 0 aromatic heterocycles. The van der Waals surface area contributed by atoms with Crippen molar-refractivity contribution in [2.24, 2.45) is 0 Å². The third-order valence-corrected chi connectivity index (χ3v) is 4.66. The van der Waals surface area contributed by atoms with Gasteiger partial charge in [0.25, 0.3) is 0 Å². The van der Waals surface area contributed by atoms with Crippen molar-refractivity contribution >= 4 is 5.97 Å². The third-order valence-electron chi connectivity index (χ3n) is 4.66. The lowest BCUT2D eigenvalue weighted by molar-refractivity contribution is -0.137. The van der Waals surface area contributed by atoms with E-state index in [4.69, 9.17) is 15.1 Å². The smallest absolute Gasteiger partial charge is 0.304 e. The van der Waals surface area contributed by atoms with Crippen molar-refractivity contribution in [2.45, 2.75) is 25.9 Å². The summed E-state index contributed by atoms with van der Waals surface area (Å²) in [6.07, 6.45) is -0.0246. The van der Waals surface area contributed by atoms with Gasteiger partial charge in [-0.2, -0.15) is 5.26 Å². The average molecular weight is 395 g/mol. The van der Waals surface area contributed by atoms with Gasteiger partial charge >= 0.3 is 5.97 Å². The van der Waals surface area contributed by atoms with Gasteiger partial charge in [-0.25, -0.2) is 0 Å². The van der Waals surface area contributed by atoms with Gasteiger partial charge in [0.15, 0.2) is 0 Å². The van der Waals surface area contributed by atoms with Gasteiger partial charge in [-0.3, -0.25) is 4.79 Å². The largest absolute Gasteiger partial charge is 0.489 e. The van der Waals surface area contributed by atoms with Crippen molar-refractivity contribution in [3.8, 4) is 34.8 Å². The summed E-state index contributed by atoms with van der Waals surface area (Å²) in [4.78, 5) is 11.0. The molecule has 30 heavy (non-hydrogen) atoms. The zero-order chi connectivity index (χ0) is 21.3. The number of nitriles is 1. The number of hydrogen-bond donors (Lipinski definition) is 1. The Bertz CT molecular complexity index is 1110. The predicted octanol–water partition coefficient (Wildman–Crippen LogP) is 5.39. The van der Waals surface area contributed by atoms with Crippen LogP contribution < -0.4 is 4.74 Å².